The Bertz CT molecular complexity index is 3580. The minimum atomic E-state index is -0.139. The van der Waals surface area contributed by atoms with Gasteiger partial charge in [0, 0.05) is 64.1 Å². The van der Waals surface area contributed by atoms with Crippen LogP contribution in [-0.4, -0.2) is 4.57 Å². The molecule has 10 aromatic carbocycles. The molecule has 2 nitrogen and oxygen atoms in total. The van der Waals surface area contributed by atoms with Gasteiger partial charge in [0.25, 0.3) is 0 Å². The van der Waals surface area contributed by atoms with Crippen molar-refractivity contribution in [2.45, 2.75) is 38.8 Å². The number of hydrogen-bond donors (Lipinski definition) is 0. The van der Waals surface area contributed by atoms with E-state index in [1.54, 1.807) is 0 Å². The summed E-state index contributed by atoms with van der Waals surface area (Å²) in [5, 5.41) is 2.56. The molecule has 4 heteroatoms. The molecule has 13 rings (SSSR count). The van der Waals surface area contributed by atoms with Crippen molar-refractivity contribution in [2.24, 2.45) is 0 Å². The molecule has 0 spiro atoms. The molecule has 0 N–H and O–H groups in total. The second-order valence-corrected chi connectivity index (χ2v) is 20.3. The molecule has 0 saturated heterocycles. The zero-order chi connectivity index (χ0) is 44.6. The molecule has 1 aliphatic carbocycles. The Kier molecular flexibility index (Phi) is 9.42. The number of benzene rings is 10. The molecule has 1 aromatic heterocycles. The van der Waals surface area contributed by atoms with E-state index in [-0.39, 0.29) is 5.41 Å². The summed E-state index contributed by atoms with van der Waals surface area (Å²) in [5.74, 6) is 0. The van der Waals surface area contributed by atoms with Gasteiger partial charge in [-0.2, -0.15) is 0 Å². The van der Waals surface area contributed by atoms with E-state index in [0.29, 0.717) is 0 Å². The molecule has 0 atom stereocenters. The van der Waals surface area contributed by atoms with Gasteiger partial charge in [0.1, 0.15) is 0 Å². The molecular formula is C63H44N2S2. The summed E-state index contributed by atoms with van der Waals surface area (Å²) in [7, 11) is 0. The molecular weight excluding hydrogens is 849 g/mol. The maximum absolute atomic E-state index is 2.52. The van der Waals surface area contributed by atoms with E-state index in [4.69, 9.17) is 0 Å². The summed E-state index contributed by atoms with van der Waals surface area (Å²) < 4.78 is 2.52. The maximum Gasteiger partial charge on any atom is 0.0622 e. The van der Waals surface area contributed by atoms with Gasteiger partial charge in [0.15, 0.2) is 0 Å². The van der Waals surface area contributed by atoms with Crippen molar-refractivity contribution in [2.75, 3.05) is 4.90 Å². The summed E-state index contributed by atoms with van der Waals surface area (Å²) in [6, 6.07) is 84.7. The maximum atomic E-state index is 2.52. The van der Waals surface area contributed by atoms with Crippen LogP contribution in [0.1, 0.15) is 25.0 Å². The van der Waals surface area contributed by atoms with Gasteiger partial charge in [0.05, 0.1) is 11.0 Å². The lowest BCUT2D eigenvalue weighted by atomic mass is 9.82. The normalized spacial score (nSPS) is 13.2. The van der Waals surface area contributed by atoms with Crippen molar-refractivity contribution >= 4 is 62.4 Å². The first-order chi connectivity index (χ1) is 33.0. The van der Waals surface area contributed by atoms with Crippen LogP contribution in [0, 0.1) is 0 Å². The lowest BCUT2D eigenvalue weighted by Gasteiger charge is -2.26. The Hall–Kier alpha value is -7.50. The van der Waals surface area contributed by atoms with E-state index in [2.05, 4.69) is 254 Å². The number of fused-ring (bicyclic) bond motifs is 9. The quantitative estimate of drug-likeness (QED) is 0.158. The fourth-order valence-corrected chi connectivity index (χ4v) is 12.8. The molecule has 0 saturated carbocycles. The molecule has 0 bridgehead atoms. The Labute approximate surface area is 400 Å². The van der Waals surface area contributed by atoms with Crippen LogP contribution in [0.25, 0.3) is 72.0 Å². The minimum Gasteiger partial charge on any atom is -0.311 e. The van der Waals surface area contributed by atoms with Gasteiger partial charge in [-0.3, -0.25) is 0 Å². The largest absolute Gasteiger partial charge is 0.311 e. The highest BCUT2D eigenvalue weighted by atomic mass is 32.2. The van der Waals surface area contributed by atoms with Crippen molar-refractivity contribution in [3.05, 3.63) is 242 Å². The van der Waals surface area contributed by atoms with Crippen molar-refractivity contribution in [1.82, 2.24) is 4.57 Å². The van der Waals surface area contributed by atoms with Crippen LogP contribution in [0.15, 0.2) is 250 Å². The fraction of sp³-hybridized carbons (Fsp3) is 0.0476. The van der Waals surface area contributed by atoms with Crippen LogP contribution in [0.4, 0.5) is 17.1 Å². The standard InChI is InChI=1S/C63H44N2S2/c1-63(2)54-38-37-52-51-17-9-10-18-56(51)65(62(52)61(54)53-39-59-60(40-55(53)63)67-58-20-12-11-19-57(58)66-59)50-35-27-46(28-36-50)45-25-33-49(34-26-45)64(47-29-21-43(22-30-47)41-13-5-3-6-14-41)48-31-23-44(24-32-48)42-15-7-4-8-16-42/h3-40H,1-2H3. The van der Waals surface area contributed by atoms with Crippen LogP contribution in [0.5, 0.6) is 0 Å². The Morgan fingerprint density at radius 2 is 0.821 bits per heavy atom. The lowest BCUT2D eigenvalue weighted by Crippen LogP contribution is -2.15. The van der Waals surface area contributed by atoms with Gasteiger partial charge in [0.2, 0.25) is 0 Å². The van der Waals surface area contributed by atoms with E-state index >= 15 is 0 Å². The zero-order valence-corrected chi connectivity index (χ0v) is 38.8. The monoisotopic (exact) mass is 892 g/mol. The molecule has 11 aromatic rings. The molecule has 0 radical (unpaired) electrons. The van der Waals surface area contributed by atoms with Crippen LogP contribution < -0.4 is 4.90 Å². The lowest BCUT2D eigenvalue weighted by molar-refractivity contribution is 0.658. The average Bonchev–Trinajstić information content (AvgIpc) is 3.84. The SMILES string of the molecule is CC1(C)c2cc3c(cc2-c2c1ccc1c4ccccc4n(-c4ccc(-c5ccc(N(c6ccc(-c7ccccc7)cc6)c6ccc(-c7ccccc7)cc6)cc5)cc4)c21)Sc1ccccc1S3. The number of aromatic nitrogens is 1. The molecule has 2 heterocycles. The van der Waals surface area contributed by atoms with E-state index < -0.39 is 0 Å². The number of nitrogens with zero attached hydrogens (tertiary/aromatic N) is 2. The third-order valence-electron chi connectivity index (χ3n) is 13.9. The molecule has 318 valence electrons. The van der Waals surface area contributed by atoms with Gasteiger partial charge in [-0.15, -0.1) is 0 Å². The van der Waals surface area contributed by atoms with Crippen LogP contribution in [0.2, 0.25) is 0 Å². The predicted octanol–water partition coefficient (Wildman–Crippen LogP) is 18.2. The van der Waals surface area contributed by atoms with E-state index in [9.17, 15) is 0 Å². The Morgan fingerprint density at radius 3 is 1.36 bits per heavy atom. The predicted molar refractivity (Wildman–Crippen MR) is 284 cm³/mol. The van der Waals surface area contributed by atoms with Gasteiger partial charge in [-0.1, -0.05) is 189 Å². The van der Waals surface area contributed by atoms with Crippen molar-refractivity contribution in [3.63, 3.8) is 0 Å². The first kappa shape index (κ1) is 39.8. The van der Waals surface area contributed by atoms with Gasteiger partial charge < -0.3 is 9.47 Å². The smallest absolute Gasteiger partial charge is 0.0622 e. The van der Waals surface area contributed by atoms with Crippen molar-refractivity contribution in [3.8, 4) is 50.2 Å². The molecule has 0 fully saturated rings. The first-order valence-electron chi connectivity index (χ1n) is 23.0. The van der Waals surface area contributed by atoms with Gasteiger partial charge >= 0.3 is 0 Å². The zero-order valence-electron chi connectivity index (χ0n) is 37.2. The van der Waals surface area contributed by atoms with Gasteiger partial charge in [-0.25, -0.2) is 0 Å². The second-order valence-electron chi connectivity index (χ2n) is 18.1. The van der Waals surface area contributed by atoms with Crippen molar-refractivity contribution < 1.29 is 0 Å². The molecule has 67 heavy (non-hydrogen) atoms. The highest BCUT2D eigenvalue weighted by molar-refractivity contribution is 8.05. The topological polar surface area (TPSA) is 8.17 Å². The summed E-state index contributed by atoms with van der Waals surface area (Å²) in [6.07, 6.45) is 0. The molecule has 1 aliphatic heterocycles. The van der Waals surface area contributed by atoms with E-state index in [1.807, 2.05) is 23.5 Å². The Balaban J connectivity index is 0.873. The summed E-state index contributed by atoms with van der Waals surface area (Å²) in [4.78, 5) is 7.72. The third-order valence-corrected chi connectivity index (χ3v) is 16.4. The molecule has 0 unspecified atom stereocenters. The van der Waals surface area contributed by atoms with Crippen LogP contribution in [0.3, 0.4) is 0 Å². The summed E-state index contributed by atoms with van der Waals surface area (Å²) in [5.41, 5.74) is 19.5. The van der Waals surface area contributed by atoms with Crippen LogP contribution >= 0.6 is 23.5 Å². The third kappa shape index (κ3) is 6.66. The summed E-state index contributed by atoms with van der Waals surface area (Å²) >= 11 is 3.81. The molecule has 2 aliphatic rings. The second kappa shape index (κ2) is 15.8. The van der Waals surface area contributed by atoms with Crippen molar-refractivity contribution in [1.29, 1.82) is 0 Å². The van der Waals surface area contributed by atoms with Crippen LogP contribution in [-0.2, 0) is 5.41 Å². The minimum absolute atomic E-state index is 0.139. The summed E-state index contributed by atoms with van der Waals surface area (Å²) in [6.45, 7) is 4.81. The highest BCUT2D eigenvalue weighted by Gasteiger charge is 2.39. The van der Waals surface area contributed by atoms with Gasteiger partial charge in [-0.05, 0) is 129 Å². The van der Waals surface area contributed by atoms with E-state index in [0.717, 1.165) is 22.7 Å². The number of rotatable bonds is 7. The Morgan fingerprint density at radius 1 is 0.373 bits per heavy atom. The number of para-hydroxylation sites is 1. The fourth-order valence-electron chi connectivity index (χ4n) is 10.5. The first-order valence-corrected chi connectivity index (χ1v) is 24.6. The number of anilines is 3. The highest BCUT2D eigenvalue weighted by Crippen LogP contribution is 2.58. The van der Waals surface area contributed by atoms with E-state index in [1.165, 1.54) is 97.0 Å². The average molecular weight is 893 g/mol. The molecule has 0 amide bonds. The number of hydrogen-bond acceptors (Lipinski definition) is 3.